The maximum absolute atomic E-state index is 10.6. The van der Waals surface area contributed by atoms with E-state index in [1.165, 1.54) is 31.0 Å². The number of anilines is 1. The van der Waals surface area contributed by atoms with Crippen LogP contribution in [0.4, 0.5) is 5.95 Å². The van der Waals surface area contributed by atoms with Crippen molar-refractivity contribution < 1.29 is 9.90 Å². The molecule has 1 aliphatic rings. The van der Waals surface area contributed by atoms with Gasteiger partial charge < -0.3 is 10.0 Å². The van der Waals surface area contributed by atoms with Crippen LogP contribution < -0.4 is 4.90 Å². The van der Waals surface area contributed by atoms with Crippen LogP contribution in [-0.2, 0) is 11.3 Å². The number of carbonyl (C=O) groups is 1. The largest absolute Gasteiger partial charge is 0.481 e. The van der Waals surface area contributed by atoms with E-state index in [1.807, 2.05) is 18.5 Å². The maximum Gasteiger partial charge on any atom is 0.313 e. The number of aliphatic carboxylic acids is 1. The molecule has 1 N–H and O–H groups in total. The summed E-state index contributed by atoms with van der Waals surface area (Å²) >= 11 is 1.22. The van der Waals surface area contributed by atoms with Crippen LogP contribution in [-0.4, -0.2) is 44.7 Å². The lowest BCUT2D eigenvalue weighted by atomic mass is 9.92. The molecule has 0 saturated heterocycles. The molecular formula is C11H18N4O2S. The Morgan fingerprint density at radius 1 is 1.56 bits per heavy atom. The predicted molar refractivity (Wildman–Crippen MR) is 70.1 cm³/mol. The molecule has 0 amide bonds. The van der Waals surface area contributed by atoms with Gasteiger partial charge in [-0.1, -0.05) is 11.8 Å². The molecule has 6 nitrogen and oxygen atoms in total. The molecule has 0 bridgehead atoms. The topological polar surface area (TPSA) is 71.2 Å². The van der Waals surface area contributed by atoms with Gasteiger partial charge in [-0.05, 0) is 26.2 Å². The predicted octanol–water partition coefficient (Wildman–Crippen LogP) is 1.46. The highest BCUT2D eigenvalue weighted by atomic mass is 32.2. The number of rotatable bonds is 6. The first-order valence-corrected chi connectivity index (χ1v) is 7.12. The number of nitrogens with zero attached hydrogens (tertiary/aromatic N) is 4. The number of carboxylic acid groups (broad SMARTS) is 1. The zero-order valence-corrected chi connectivity index (χ0v) is 11.5. The fourth-order valence-electron chi connectivity index (χ4n) is 1.99. The van der Waals surface area contributed by atoms with Gasteiger partial charge in [-0.15, -0.1) is 10.2 Å². The van der Waals surface area contributed by atoms with E-state index in [2.05, 4.69) is 15.1 Å². The third-order valence-electron chi connectivity index (χ3n) is 3.28. The summed E-state index contributed by atoms with van der Waals surface area (Å²) < 4.78 is 1.98. The second-order valence-corrected chi connectivity index (χ2v) is 5.35. The van der Waals surface area contributed by atoms with E-state index in [-0.39, 0.29) is 5.75 Å². The third-order valence-corrected chi connectivity index (χ3v) is 4.23. The van der Waals surface area contributed by atoms with Gasteiger partial charge in [0.1, 0.15) is 0 Å². The summed E-state index contributed by atoms with van der Waals surface area (Å²) in [5, 5.41) is 17.7. The lowest BCUT2D eigenvalue weighted by Gasteiger charge is -2.35. The van der Waals surface area contributed by atoms with Crippen molar-refractivity contribution in [2.75, 3.05) is 17.7 Å². The lowest BCUT2D eigenvalue weighted by Crippen LogP contribution is -2.38. The van der Waals surface area contributed by atoms with E-state index in [0.29, 0.717) is 11.2 Å². The van der Waals surface area contributed by atoms with E-state index in [4.69, 9.17) is 5.11 Å². The van der Waals surface area contributed by atoms with Gasteiger partial charge in [0.25, 0.3) is 0 Å². The fourth-order valence-corrected chi connectivity index (χ4v) is 2.71. The molecule has 1 aromatic rings. The van der Waals surface area contributed by atoms with E-state index < -0.39 is 5.97 Å². The van der Waals surface area contributed by atoms with Gasteiger partial charge in [0.2, 0.25) is 5.95 Å². The second kappa shape index (κ2) is 5.60. The van der Waals surface area contributed by atoms with Crippen LogP contribution in [0.25, 0.3) is 0 Å². The molecule has 2 rings (SSSR count). The third kappa shape index (κ3) is 2.60. The summed E-state index contributed by atoms with van der Waals surface area (Å²) in [5.41, 5.74) is 0. The van der Waals surface area contributed by atoms with Crippen LogP contribution >= 0.6 is 11.8 Å². The molecule has 1 aliphatic carbocycles. The number of hydrogen-bond acceptors (Lipinski definition) is 5. The molecule has 0 aromatic carbocycles. The summed E-state index contributed by atoms with van der Waals surface area (Å²) in [5.74, 6) is 0.0280. The van der Waals surface area contributed by atoms with Crippen molar-refractivity contribution in [2.24, 2.45) is 0 Å². The van der Waals surface area contributed by atoms with Crippen molar-refractivity contribution in [3.8, 4) is 0 Å². The Morgan fingerprint density at radius 3 is 2.78 bits per heavy atom. The number of thioether (sulfide) groups is 1. The summed E-state index contributed by atoms with van der Waals surface area (Å²) in [6.45, 7) is 2.77. The maximum atomic E-state index is 10.6. The van der Waals surface area contributed by atoms with E-state index in [0.717, 1.165) is 12.5 Å². The molecule has 7 heteroatoms. The zero-order valence-electron chi connectivity index (χ0n) is 10.7. The van der Waals surface area contributed by atoms with E-state index in [9.17, 15) is 4.79 Å². The van der Waals surface area contributed by atoms with Gasteiger partial charge in [-0.3, -0.25) is 9.36 Å². The normalized spacial score (nSPS) is 15.4. The Balaban J connectivity index is 2.12. The van der Waals surface area contributed by atoms with Crippen molar-refractivity contribution in [1.29, 1.82) is 0 Å². The van der Waals surface area contributed by atoms with Crippen LogP contribution in [0.15, 0.2) is 5.16 Å². The van der Waals surface area contributed by atoms with Crippen LogP contribution in [0.3, 0.4) is 0 Å². The molecule has 0 radical (unpaired) electrons. The molecule has 0 atom stereocenters. The van der Waals surface area contributed by atoms with Gasteiger partial charge >= 0.3 is 5.97 Å². The van der Waals surface area contributed by atoms with Crippen molar-refractivity contribution in [2.45, 2.75) is 43.9 Å². The molecule has 1 saturated carbocycles. The van der Waals surface area contributed by atoms with Gasteiger partial charge in [0.05, 0.1) is 5.75 Å². The smallest absolute Gasteiger partial charge is 0.313 e. The van der Waals surface area contributed by atoms with Crippen LogP contribution in [0.1, 0.15) is 26.2 Å². The van der Waals surface area contributed by atoms with Gasteiger partial charge in [-0.25, -0.2) is 0 Å². The number of hydrogen-bond donors (Lipinski definition) is 1. The second-order valence-electron chi connectivity index (χ2n) is 4.40. The Hall–Kier alpha value is -1.24. The Morgan fingerprint density at radius 2 is 2.28 bits per heavy atom. The minimum Gasteiger partial charge on any atom is -0.481 e. The zero-order chi connectivity index (χ0) is 13.1. The Kier molecular flexibility index (Phi) is 4.11. The molecule has 0 spiro atoms. The van der Waals surface area contributed by atoms with E-state index in [1.54, 1.807) is 0 Å². The monoisotopic (exact) mass is 270 g/mol. The summed E-state index contributed by atoms with van der Waals surface area (Å²) in [4.78, 5) is 12.7. The van der Waals surface area contributed by atoms with Crippen molar-refractivity contribution in [3.63, 3.8) is 0 Å². The molecule has 1 heterocycles. The van der Waals surface area contributed by atoms with Gasteiger partial charge in [0, 0.05) is 19.6 Å². The van der Waals surface area contributed by atoms with Crippen LogP contribution in [0, 0.1) is 0 Å². The minimum atomic E-state index is -0.834. The molecule has 100 valence electrons. The molecular weight excluding hydrogens is 252 g/mol. The molecule has 1 aromatic heterocycles. The molecule has 18 heavy (non-hydrogen) atoms. The van der Waals surface area contributed by atoms with Crippen LogP contribution in [0.5, 0.6) is 0 Å². The number of aromatic nitrogens is 3. The fraction of sp³-hybridized carbons (Fsp3) is 0.727. The molecule has 0 unspecified atom stereocenters. The first-order chi connectivity index (χ1) is 8.63. The number of carboxylic acids is 1. The first kappa shape index (κ1) is 13.2. The SMILES string of the molecule is CCn1c(SCC(=O)O)nnc1N(C)C1CCC1. The lowest BCUT2D eigenvalue weighted by molar-refractivity contribution is -0.133. The van der Waals surface area contributed by atoms with Crippen molar-refractivity contribution >= 4 is 23.7 Å². The van der Waals surface area contributed by atoms with E-state index >= 15 is 0 Å². The van der Waals surface area contributed by atoms with Gasteiger partial charge in [0.15, 0.2) is 5.16 Å². The highest BCUT2D eigenvalue weighted by Crippen LogP contribution is 2.29. The quantitative estimate of drug-likeness (QED) is 0.789. The Labute approximate surface area is 110 Å². The summed E-state index contributed by atoms with van der Waals surface area (Å²) in [7, 11) is 2.03. The highest BCUT2D eigenvalue weighted by Gasteiger charge is 2.26. The highest BCUT2D eigenvalue weighted by molar-refractivity contribution is 7.99. The molecule has 0 aliphatic heterocycles. The summed E-state index contributed by atoms with van der Waals surface area (Å²) in [6, 6.07) is 0.553. The first-order valence-electron chi connectivity index (χ1n) is 6.14. The standard InChI is InChI=1S/C11H18N4O2S/c1-3-15-10(14(2)8-5-4-6-8)12-13-11(15)18-7-9(16)17/h8H,3-7H2,1-2H3,(H,16,17). The average Bonchev–Trinajstić information content (AvgIpc) is 2.66. The van der Waals surface area contributed by atoms with Crippen molar-refractivity contribution in [3.05, 3.63) is 0 Å². The van der Waals surface area contributed by atoms with Gasteiger partial charge in [-0.2, -0.15) is 0 Å². The summed E-state index contributed by atoms with van der Waals surface area (Å²) in [6.07, 6.45) is 3.67. The minimum absolute atomic E-state index is 0.0191. The average molecular weight is 270 g/mol. The molecule has 1 fully saturated rings. The van der Waals surface area contributed by atoms with Crippen LogP contribution in [0.2, 0.25) is 0 Å². The Bertz CT molecular complexity index is 431. The van der Waals surface area contributed by atoms with Crippen molar-refractivity contribution in [1.82, 2.24) is 14.8 Å².